The summed E-state index contributed by atoms with van der Waals surface area (Å²) < 4.78 is 0. The number of carboxylic acid groups (broad SMARTS) is 2. The lowest BCUT2D eigenvalue weighted by Gasteiger charge is -2.49. The smallest absolute Gasteiger partial charge is 0.311 e. The lowest BCUT2D eigenvalue weighted by atomic mass is 9.52. The summed E-state index contributed by atoms with van der Waals surface area (Å²) in [6, 6.07) is 0. The van der Waals surface area contributed by atoms with Crippen LogP contribution >= 0.6 is 0 Å². The monoisotopic (exact) mass is 326 g/mol. The molecule has 0 saturated heterocycles. The lowest BCUT2D eigenvalue weighted by molar-refractivity contribution is -0.184. The molecule has 0 heterocycles. The number of hydrogen-bond donors (Lipinski definition) is 2. The van der Waals surface area contributed by atoms with E-state index in [1.807, 2.05) is 20.8 Å². The second-order valence-electron chi connectivity index (χ2n) is 7.21. The summed E-state index contributed by atoms with van der Waals surface area (Å²) in [5.74, 6) is -1.78. The number of aliphatic carboxylic acids is 2. The second kappa shape index (κ2) is 8.70. The van der Waals surface area contributed by atoms with E-state index in [0.29, 0.717) is 19.3 Å². The van der Waals surface area contributed by atoms with Crippen LogP contribution < -0.4 is 0 Å². The number of carboxylic acids is 2. The van der Waals surface area contributed by atoms with E-state index in [9.17, 15) is 19.8 Å². The van der Waals surface area contributed by atoms with Gasteiger partial charge in [0.05, 0.1) is 10.8 Å². The molecule has 1 fully saturated rings. The molecule has 2 unspecified atom stereocenters. The summed E-state index contributed by atoms with van der Waals surface area (Å²) in [5.41, 5.74) is -2.26. The van der Waals surface area contributed by atoms with E-state index in [2.05, 4.69) is 0 Å². The van der Waals surface area contributed by atoms with Crippen molar-refractivity contribution in [3.8, 4) is 0 Å². The molecule has 2 N–H and O–H groups in total. The topological polar surface area (TPSA) is 74.6 Å². The minimum atomic E-state index is -1.14. The number of hydrogen-bond acceptors (Lipinski definition) is 2. The van der Waals surface area contributed by atoms with Crippen molar-refractivity contribution in [2.24, 2.45) is 16.7 Å². The van der Waals surface area contributed by atoms with Crippen LogP contribution in [0.2, 0.25) is 0 Å². The van der Waals surface area contributed by atoms with Gasteiger partial charge in [0, 0.05) is 0 Å². The SMILES string of the molecule is CCCCC(CC)(C(=O)O)C(CCCC)(C(=O)O)C1CCCC1. The van der Waals surface area contributed by atoms with Crippen molar-refractivity contribution in [1.82, 2.24) is 0 Å². The van der Waals surface area contributed by atoms with Crippen molar-refractivity contribution in [2.45, 2.75) is 91.4 Å². The van der Waals surface area contributed by atoms with E-state index in [0.717, 1.165) is 51.4 Å². The Morgan fingerprint density at radius 2 is 1.43 bits per heavy atom. The van der Waals surface area contributed by atoms with Gasteiger partial charge >= 0.3 is 11.9 Å². The van der Waals surface area contributed by atoms with Crippen LogP contribution in [-0.2, 0) is 9.59 Å². The molecule has 1 aliphatic carbocycles. The van der Waals surface area contributed by atoms with Gasteiger partial charge in [-0.05, 0) is 38.0 Å². The van der Waals surface area contributed by atoms with Gasteiger partial charge in [-0.2, -0.15) is 0 Å². The van der Waals surface area contributed by atoms with E-state index in [-0.39, 0.29) is 5.92 Å². The Morgan fingerprint density at radius 3 is 1.83 bits per heavy atom. The highest BCUT2D eigenvalue weighted by Crippen LogP contribution is 2.58. The standard InChI is InChI=1S/C19H34O4/c1-4-7-13-18(6-3,16(20)21)19(17(22)23,14-8-5-2)15-11-9-10-12-15/h15H,4-14H2,1-3H3,(H,20,21)(H,22,23). The number of rotatable bonds is 11. The molecule has 4 nitrogen and oxygen atoms in total. The van der Waals surface area contributed by atoms with Crippen LogP contribution in [-0.4, -0.2) is 22.2 Å². The molecular formula is C19H34O4. The van der Waals surface area contributed by atoms with Crippen LogP contribution in [0.15, 0.2) is 0 Å². The third-order valence-electron chi connectivity index (χ3n) is 6.18. The van der Waals surface area contributed by atoms with E-state index in [1.54, 1.807) is 0 Å². The third-order valence-corrected chi connectivity index (χ3v) is 6.18. The fourth-order valence-electron chi connectivity index (χ4n) is 4.84. The van der Waals surface area contributed by atoms with Crippen molar-refractivity contribution in [3.05, 3.63) is 0 Å². The second-order valence-corrected chi connectivity index (χ2v) is 7.21. The first kappa shape index (κ1) is 20.0. The molecule has 23 heavy (non-hydrogen) atoms. The normalized spacial score (nSPS) is 20.8. The summed E-state index contributed by atoms with van der Waals surface area (Å²) in [6.07, 6.45) is 8.48. The van der Waals surface area contributed by atoms with Crippen LogP contribution in [0.3, 0.4) is 0 Å². The number of carbonyl (C=O) groups is 2. The van der Waals surface area contributed by atoms with Crippen molar-refractivity contribution in [3.63, 3.8) is 0 Å². The molecule has 134 valence electrons. The molecule has 1 rings (SSSR count). The molecule has 4 heteroatoms. The first-order valence-electron chi connectivity index (χ1n) is 9.39. The largest absolute Gasteiger partial charge is 0.481 e. The fraction of sp³-hybridized carbons (Fsp3) is 0.895. The van der Waals surface area contributed by atoms with E-state index < -0.39 is 22.8 Å². The Labute approximate surface area is 140 Å². The molecule has 0 aromatic rings. The third kappa shape index (κ3) is 3.56. The first-order valence-corrected chi connectivity index (χ1v) is 9.39. The Kier molecular flexibility index (Phi) is 7.56. The molecule has 0 aromatic carbocycles. The van der Waals surface area contributed by atoms with Crippen LogP contribution in [0.4, 0.5) is 0 Å². The van der Waals surface area contributed by atoms with Gasteiger partial charge in [-0.1, -0.05) is 59.3 Å². The predicted molar refractivity (Wildman–Crippen MR) is 91.4 cm³/mol. The van der Waals surface area contributed by atoms with Crippen molar-refractivity contribution < 1.29 is 19.8 Å². The van der Waals surface area contributed by atoms with Crippen LogP contribution in [0.25, 0.3) is 0 Å². The van der Waals surface area contributed by atoms with Crippen molar-refractivity contribution in [2.75, 3.05) is 0 Å². The highest BCUT2D eigenvalue weighted by Gasteiger charge is 2.62. The highest BCUT2D eigenvalue weighted by atomic mass is 16.4. The van der Waals surface area contributed by atoms with Gasteiger partial charge in [-0.15, -0.1) is 0 Å². The summed E-state index contributed by atoms with van der Waals surface area (Å²) in [6.45, 7) is 5.94. The van der Waals surface area contributed by atoms with Gasteiger partial charge in [0.15, 0.2) is 0 Å². The average Bonchev–Trinajstić information content (AvgIpc) is 3.04. The van der Waals surface area contributed by atoms with E-state index >= 15 is 0 Å². The zero-order valence-electron chi connectivity index (χ0n) is 15.1. The molecule has 1 saturated carbocycles. The molecule has 0 amide bonds. The molecular weight excluding hydrogens is 292 g/mol. The molecule has 1 aliphatic rings. The zero-order valence-corrected chi connectivity index (χ0v) is 15.1. The van der Waals surface area contributed by atoms with Crippen LogP contribution in [0, 0.1) is 16.7 Å². The zero-order chi connectivity index (χ0) is 17.5. The van der Waals surface area contributed by atoms with Gasteiger partial charge in [0.25, 0.3) is 0 Å². The predicted octanol–water partition coefficient (Wildman–Crippen LogP) is 5.11. The van der Waals surface area contributed by atoms with E-state index in [4.69, 9.17) is 0 Å². The maximum absolute atomic E-state index is 12.5. The maximum atomic E-state index is 12.5. The molecule has 0 spiro atoms. The van der Waals surface area contributed by atoms with Crippen molar-refractivity contribution in [1.29, 1.82) is 0 Å². The first-order chi connectivity index (χ1) is 10.9. The molecule has 0 aliphatic heterocycles. The summed E-state index contributed by atoms with van der Waals surface area (Å²) in [5, 5.41) is 20.4. The summed E-state index contributed by atoms with van der Waals surface area (Å²) >= 11 is 0. The molecule has 0 bridgehead atoms. The maximum Gasteiger partial charge on any atom is 0.311 e. The van der Waals surface area contributed by atoms with Gasteiger partial charge in [-0.25, -0.2) is 0 Å². The Balaban J connectivity index is 3.45. The Bertz CT molecular complexity index is 400. The lowest BCUT2D eigenvalue weighted by Crippen LogP contribution is -2.56. The molecule has 0 aromatic heterocycles. The minimum Gasteiger partial charge on any atom is -0.481 e. The average molecular weight is 326 g/mol. The van der Waals surface area contributed by atoms with Crippen LogP contribution in [0.1, 0.15) is 91.4 Å². The molecule has 2 atom stereocenters. The summed E-state index contributed by atoms with van der Waals surface area (Å²) in [4.78, 5) is 24.9. The van der Waals surface area contributed by atoms with Gasteiger partial charge in [0.1, 0.15) is 0 Å². The number of unbranched alkanes of at least 4 members (excludes halogenated alkanes) is 2. The van der Waals surface area contributed by atoms with Gasteiger partial charge in [0.2, 0.25) is 0 Å². The van der Waals surface area contributed by atoms with Gasteiger partial charge in [-0.3, -0.25) is 9.59 Å². The minimum absolute atomic E-state index is 0.000504. The Hall–Kier alpha value is -1.06. The quantitative estimate of drug-likeness (QED) is 0.553. The highest BCUT2D eigenvalue weighted by molar-refractivity contribution is 5.87. The summed E-state index contributed by atoms with van der Waals surface area (Å²) in [7, 11) is 0. The van der Waals surface area contributed by atoms with Crippen LogP contribution in [0.5, 0.6) is 0 Å². The Morgan fingerprint density at radius 1 is 0.913 bits per heavy atom. The van der Waals surface area contributed by atoms with Crippen molar-refractivity contribution >= 4 is 11.9 Å². The fourth-order valence-corrected chi connectivity index (χ4v) is 4.84. The van der Waals surface area contributed by atoms with E-state index in [1.165, 1.54) is 0 Å². The molecule has 0 radical (unpaired) electrons. The van der Waals surface area contributed by atoms with Gasteiger partial charge < -0.3 is 10.2 Å².